The Morgan fingerprint density at radius 1 is 1.44 bits per heavy atom. The highest BCUT2D eigenvalue weighted by Crippen LogP contribution is 2.22. The zero-order chi connectivity index (χ0) is 13.0. The first-order chi connectivity index (χ1) is 8.65. The van der Waals surface area contributed by atoms with Crippen LogP contribution in [-0.2, 0) is 0 Å². The highest BCUT2D eigenvalue weighted by molar-refractivity contribution is 9.10. The van der Waals surface area contributed by atoms with Crippen molar-refractivity contribution >= 4 is 21.6 Å². The Morgan fingerprint density at radius 3 is 3.00 bits per heavy atom. The minimum absolute atomic E-state index is 0.508. The van der Waals surface area contributed by atoms with Crippen LogP contribution in [0.3, 0.4) is 0 Å². The fourth-order valence-corrected chi connectivity index (χ4v) is 2.99. The van der Waals surface area contributed by atoms with Gasteiger partial charge < -0.3 is 10.6 Å². The average Bonchev–Trinajstić information content (AvgIpc) is 2.35. The molecule has 2 atom stereocenters. The molecule has 1 saturated heterocycles. The number of piperidine rings is 1. The Bertz CT molecular complexity index is 386. The van der Waals surface area contributed by atoms with Crippen LogP contribution in [0.1, 0.15) is 38.2 Å². The van der Waals surface area contributed by atoms with Crippen molar-refractivity contribution in [2.24, 2.45) is 0 Å². The smallest absolute Gasteiger partial charge is 0.0383 e. The molecule has 18 heavy (non-hydrogen) atoms. The standard InChI is InChI=1S/C15H23BrN2/c1-11-6-7-13(16)10-15(11)18-12(2)9-14-5-3-4-8-17-14/h6-7,10,12,14,17-18H,3-5,8-9H2,1-2H3. The van der Waals surface area contributed by atoms with Gasteiger partial charge in [0.1, 0.15) is 0 Å². The van der Waals surface area contributed by atoms with E-state index in [4.69, 9.17) is 0 Å². The highest BCUT2D eigenvalue weighted by Gasteiger charge is 2.16. The number of halogens is 1. The van der Waals surface area contributed by atoms with Gasteiger partial charge >= 0.3 is 0 Å². The van der Waals surface area contributed by atoms with Crippen molar-refractivity contribution < 1.29 is 0 Å². The minimum Gasteiger partial charge on any atom is -0.382 e. The van der Waals surface area contributed by atoms with Gasteiger partial charge in [-0.15, -0.1) is 0 Å². The van der Waals surface area contributed by atoms with E-state index in [-0.39, 0.29) is 0 Å². The lowest BCUT2D eigenvalue weighted by molar-refractivity contribution is 0.371. The van der Waals surface area contributed by atoms with Crippen molar-refractivity contribution in [1.82, 2.24) is 5.32 Å². The van der Waals surface area contributed by atoms with E-state index in [1.165, 1.54) is 43.5 Å². The first-order valence-corrected chi connectivity index (χ1v) is 7.70. The van der Waals surface area contributed by atoms with Crippen molar-refractivity contribution in [2.45, 2.75) is 51.6 Å². The highest BCUT2D eigenvalue weighted by atomic mass is 79.9. The van der Waals surface area contributed by atoms with E-state index < -0.39 is 0 Å². The molecule has 2 unspecified atom stereocenters. The van der Waals surface area contributed by atoms with Gasteiger partial charge in [-0.1, -0.05) is 28.4 Å². The van der Waals surface area contributed by atoms with Gasteiger partial charge in [-0.2, -0.15) is 0 Å². The zero-order valence-electron chi connectivity index (χ0n) is 11.3. The number of hydrogen-bond donors (Lipinski definition) is 2. The van der Waals surface area contributed by atoms with Crippen molar-refractivity contribution in [3.63, 3.8) is 0 Å². The zero-order valence-corrected chi connectivity index (χ0v) is 12.9. The lowest BCUT2D eigenvalue weighted by Gasteiger charge is -2.27. The molecule has 0 aliphatic carbocycles. The van der Waals surface area contributed by atoms with Crippen LogP contribution in [0, 0.1) is 6.92 Å². The Labute approximate surface area is 119 Å². The largest absolute Gasteiger partial charge is 0.382 e. The van der Waals surface area contributed by atoms with E-state index in [1.807, 2.05) is 0 Å². The summed E-state index contributed by atoms with van der Waals surface area (Å²) in [6, 6.07) is 7.61. The predicted molar refractivity (Wildman–Crippen MR) is 82.2 cm³/mol. The topological polar surface area (TPSA) is 24.1 Å². The number of hydrogen-bond acceptors (Lipinski definition) is 2. The molecule has 0 aromatic heterocycles. The molecule has 0 saturated carbocycles. The van der Waals surface area contributed by atoms with Gasteiger partial charge in [0, 0.05) is 22.2 Å². The number of benzene rings is 1. The molecule has 1 aliphatic heterocycles. The summed E-state index contributed by atoms with van der Waals surface area (Å²) in [6.45, 7) is 5.62. The van der Waals surface area contributed by atoms with Crippen LogP contribution in [0.15, 0.2) is 22.7 Å². The summed E-state index contributed by atoms with van der Waals surface area (Å²) in [5.74, 6) is 0. The fourth-order valence-electron chi connectivity index (χ4n) is 2.63. The number of nitrogens with one attached hydrogen (secondary N) is 2. The van der Waals surface area contributed by atoms with Crippen LogP contribution in [-0.4, -0.2) is 18.6 Å². The fraction of sp³-hybridized carbons (Fsp3) is 0.600. The van der Waals surface area contributed by atoms with Crippen LogP contribution >= 0.6 is 15.9 Å². The van der Waals surface area contributed by atoms with E-state index >= 15 is 0 Å². The van der Waals surface area contributed by atoms with Gasteiger partial charge in [0.25, 0.3) is 0 Å². The van der Waals surface area contributed by atoms with Crippen LogP contribution in [0.4, 0.5) is 5.69 Å². The van der Waals surface area contributed by atoms with Crippen molar-refractivity contribution in [3.8, 4) is 0 Å². The molecule has 0 amide bonds. The molecule has 0 radical (unpaired) electrons. The first-order valence-electron chi connectivity index (χ1n) is 6.91. The monoisotopic (exact) mass is 310 g/mol. The maximum absolute atomic E-state index is 3.63. The number of anilines is 1. The SMILES string of the molecule is Cc1ccc(Br)cc1NC(C)CC1CCCCN1. The van der Waals surface area contributed by atoms with Gasteiger partial charge in [-0.05, 0) is 57.4 Å². The summed E-state index contributed by atoms with van der Waals surface area (Å²) >= 11 is 3.53. The van der Waals surface area contributed by atoms with Crippen LogP contribution in [0.2, 0.25) is 0 Å². The molecule has 2 rings (SSSR count). The summed E-state index contributed by atoms with van der Waals surface area (Å²) in [5.41, 5.74) is 2.55. The summed E-state index contributed by atoms with van der Waals surface area (Å²) < 4.78 is 1.14. The van der Waals surface area contributed by atoms with Crippen molar-refractivity contribution in [3.05, 3.63) is 28.2 Å². The third kappa shape index (κ3) is 3.99. The molecule has 2 N–H and O–H groups in total. The summed E-state index contributed by atoms with van der Waals surface area (Å²) in [5, 5.41) is 7.24. The van der Waals surface area contributed by atoms with Crippen LogP contribution in [0.5, 0.6) is 0 Å². The Hall–Kier alpha value is -0.540. The number of rotatable bonds is 4. The molecule has 0 bridgehead atoms. The molecule has 0 spiro atoms. The summed E-state index contributed by atoms with van der Waals surface area (Å²) in [6.07, 6.45) is 5.23. The summed E-state index contributed by atoms with van der Waals surface area (Å²) in [7, 11) is 0. The van der Waals surface area contributed by atoms with Gasteiger partial charge in [0.15, 0.2) is 0 Å². The average molecular weight is 311 g/mol. The minimum atomic E-state index is 0.508. The second kappa shape index (κ2) is 6.58. The molecule has 100 valence electrons. The van der Waals surface area contributed by atoms with Crippen LogP contribution < -0.4 is 10.6 Å². The maximum atomic E-state index is 3.63. The normalized spacial score (nSPS) is 21.6. The molecule has 1 heterocycles. The van der Waals surface area contributed by atoms with Gasteiger partial charge in [0.05, 0.1) is 0 Å². The molecule has 1 fully saturated rings. The molecule has 1 aromatic carbocycles. The molecular weight excluding hydrogens is 288 g/mol. The lowest BCUT2D eigenvalue weighted by atomic mass is 9.98. The van der Waals surface area contributed by atoms with Crippen molar-refractivity contribution in [1.29, 1.82) is 0 Å². The lowest BCUT2D eigenvalue weighted by Crippen LogP contribution is -2.37. The molecule has 2 nitrogen and oxygen atoms in total. The first kappa shape index (κ1) is 13.9. The Morgan fingerprint density at radius 2 is 2.28 bits per heavy atom. The Kier molecular flexibility index (Phi) is 5.07. The number of aryl methyl sites for hydroxylation is 1. The van der Waals surface area contributed by atoms with Crippen molar-refractivity contribution in [2.75, 3.05) is 11.9 Å². The van der Waals surface area contributed by atoms with Gasteiger partial charge in [-0.25, -0.2) is 0 Å². The van der Waals surface area contributed by atoms with Gasteiger partial charge in [-0.3, -0.25) is 0 Å². The molecule has 3 heteroatoms. The maximum Gasteiger partial charge on any atom is 0.0383 e. The Balaban J connectivity index is 1.89. The van der Waals surface area contributed by atoms with Crippen LogP contribution in [0.25, 0.3) is 0 Å². The molecule has 1 aromatic rings. The third-order valence-electron chi connectivity index (χ3n) is 3.65. The molecular formula is C15H23BrN2. The van der Waals surface area contributed by atoms with E-state index in [1.54, 1.807) is 0 Å². The van der Waals surface area contributed by atoms with E-state index in [0.29, 0.717) is 12.1 Å². The second-order valence-electron chi connectivity index (χ2n) is 5.39. The van der Waals surface area contributed by atoms with E-state index in [2.05, 4.69) is 58.6 Å². The quantitative estimate of drug-likeness (QED) is 0.875. The third-order valence-corrected chi connectivity index (χ3v) is 4.15. The summed E-state index contributed by atoms with van der Waals surface area (Å²) in [4.78, 5) is 0. The van der Waals surface area contributed by atoms with E-state index in [0.717, 1.165) is 4.47 Å². The van der Waals surface area contributed by atoms with E-state index in [9.17, 15) is 0 Å². The molecule has 1 aliphatic rings. The second-order valence-corrected chi connectivity index (χ2v) is 6.30. The van der Waals surface area contributed by atoms with Gasteiger partial charge in [0.2, 0.25) is 0 Å². The predicted octanol–water partition coefficient (Wildman–Crippen LogP) is 4.09.